The van der Waals surface area contributed by atoms with E-state index in [1.807, 2.05) is 6.07 Å². The van der Waals surface area contributed by atoms with Crippen molar-refractivity contribution in [3.8, 4) is 0 Å². The largest absolute Gasteiger partial charge is 4.00 e. The molecule has 0 amide bonds. The Morgan fingerprint density at radius 1 is 0.905 bits per heavy atom. The van der Waals surface area contributed by atoms with Crippen molar-refractivity contribution < 1.29 is 63.1 Å². The van der Waals surface area contributed by atoms with Crippen LogP contribution in [0, 0.1) is 6.07 Å². The van der Waals surface area contributed by atoms with Gasteiger partial charge in [-0.15, -0.1) is 16.0 Å². The molecular weight excluding hydrogens is 509 g/mol. The summed E-state index contributed by atoms with van der Waals surface area (Å²) in [6, 6.07) is 7.30. The third-order valence-electron chi connectivity index (χ3n) is 3.19. The minimum atomic E-state index is 0. The zero-order valence-corrected chi connectivity index (χ0v) is 17.9. The van der Waals surface area contributed by atoms with Crippen molar-refractivity contribution in [1.29, 1.82) is 0 Å². The third kappa shape index (κ3) is 5.14. The summed E-state index contributed by atoms with van der Waals surface area (Å²) in [7, 11) is 0. The van der Waals surface area contributed by atoms with Crippen LogP contribution in [0.3, 0.4) is 0 Å². The second-order valence-corrected chi connectivity index (χ2v) is 4.71. The molecule has 2 aliphatic rings. The zero-order valence-electron chi connectivity index (χ0n) is 11.1. The zero-order chi connectivity index (χ0) is 11.7. The molecule has 0 aliphatic heterocycles. The van der Waals surface area contributed by atoms with Gasteiger partial charge in [-0.25, -0.2) is 0 Å². The molecule has 0 atom stereocenters. The molecular formula is C16H13Cl3HfS. The second-order valence-electron chi connectivity index (χ2n) is 4.26. The van der Waals surface area contributed by atoms with E-state index in [9.17, 15) is 0 Å². The Labute approximate surface area is 169 Å². The molecule has 0 saturated heterocycles. The Bertz CT molecular complexity index is 589. The first-order chi connectivity index (χ1) is 8.36. The van der Waals surface area contributed by atoms with E-state index in [-0.39, 0.29) is 63.1 Å². The van der Waals surface area contributed by atoms with Crippen LogP contribution in [0.1, 0.15) is 24.0 Å². The number of thiol groups is 1. The first kappa shape index (κ1) is 23.5. The maximum Gasteiger partial charge on any atom is 4.00 e. The molecule has 1 aromatic rings. The maximum atomic E-state index is 4.56. The van der Waals surface area contributed by atoms with Crippen molar-refractivity contribution in [3.05, 3.63) is 65.8 Å². The standard InChI is InChI=1S/C16H13S.3ClH.Hf/c17-15-11-5-10-14(12-6-1-2-7-12)16(15)13-8-3-4-9-13;;;;/h1-6,8,10,17H,7,9H2;3*1H;/q-1;;;;+4/p-3. The Balaban J connectivity index is 0. The van der Waals surface area contributed by atoms with Gasteiger partial charge < -0.3 is 37.2 Å². The van der Waals surface area contributed by atoms with Crippen LogP contribution >= 0.6 is 12.6 Å². The summed E-state index contributed by atoms with van der Waals surface area (Å²) in [5.41, 5.74) is 5.26. The average Bonchev–Trinajstić information content (AvgIpc) is 3.02. The fourth-order valence-electron chi connectivity index (χ4n) is 2.36. The molecule has 108 valence electrons. The SMILES string of the molecule is Sc1[c-]ccc(C2=CC=CC2)c1C1=CC=CC1.[Cl-].[Cl-].[Cl-].[Hf+4]. The van der Waals surface area contributed by atoms with E-state index in [0.29, 0.717) is 0 Å². The van der Waals surface area contributed by atoms with Gasteiger partial charge in [0.05, 0.1) is 0 Å². The fraction of sp³-hybridized carbons (Fsp3) is 0.125. The van der Waals surface area contributed by atoms with Crippen LogP contribution in [0.15, 0.2) is 53.5 Å². The van der Waals surface area contributed by atoms with Crippen molar-refractivity contribution in [2.75, 3.05) is 0 Å². The summed E-state index contributed by atoms with van der Waals surface area (Å²) in [4.78, 5) is 0.949. The summed E-state index contributed by atoms with van der Waals surface area (Å²) in [5.74, 6) is 0. The molecule has 3 rings (SSSR count). The van der Waals surface area contributed by atoms with Gasteiger partial charge in [-0.05, 0) is 12.8 Å². The van der Waals surface area contributed by atoms with Crippen molar-refractivity contribution in [2.45, 2.75) is 17.7 Å². The number of allylic oxidation sites excluding steroid dienone is 8. The molecule has 0 fully saturated rings. The minimum absolute atomic E-state index is 0. The average molecular weight is 522 g/mol. The van der Waals surface area contributed by atoms with Gasteiger partial charge in [0.15, 0.2) is 0 Å². The van der Waals surface area contributed by atoms with E-state index in [4.69, 9.17) is 0 Å². The van der Waals surface area contributed by atoms with Crippen molar-refractivity contribution in [3.63, 3.8) is 0 Å². The topological polar surface area (TPSA) is 0 Å². The summed E-state index contributed by atoms with van der Waals surface area (Å²) >= 11 is 4.56. The quantitative estimate of drug-likeness (QED) is 0.226. The Kier molecular flexibility index (Phi) is 12.2. The maximum absolute atomic E-state index is 4.56. The molecule has 5 heteroatoms. The molecule has 21 heavy (non-hydrogen) atoms. The Morgan fingerprint density at radius 3 is 2.00 bits per heavy atom. The van der Waals surface area contributed by atoms with Crippen LogP contribution in [0.5, 0.6) is 0 Å². The van der Waals surface area contributed by atoms with Crippen LogP contribution in [-0.2, 0) is 25.8 Å². The summed E-state index contributed by atoms with van der Waals surface area (Å²) in [6.45, 7) is 0. The molecule has 0 unspecified atom stereocenters. The Hall–Kier alpha value is 0.270. The summed E-state index contributed by atoms with van der Waals surface area (Å²) in [5, 5.41) is 0. The van der Waals surface area contributed by atoms with Gasteiger partial charge in [-0.3, -0.25) is 0 Å². The van der Waals surface area contributed by atoms with E-state index in [2.05, 4.69) is 61.2 Å². The summed E-state index contributed by atoms with van der Waals surface area (Å²) < 4.78 is 0. The monoisotopic (exact) mass is 522 g/mol. The predicted molar refractivity (Wildman–Crippen MR) is 76.0 cm³/mol. The normalized spacial score (nSPS) is 14.1. The van der Waals surface area contributed by atoms with E-state index in [1.165, 1.54) is 22.3 Å². The first-order valence-corrected chi connectivity index (χ1v) is 6.27. The van der Waals surface area contributed by atoms with E-state index in [0.717, 1.165) is 17.7 Å². The van der Waals surface area contributed by atoms with Gasteiger partial charge in [0.25, 0.3) is 0 Å². The molecule has 0 radical (unpaired) electrons. The minimum Gasteiger partial charge on any atom is -1.00 e. The fourth-order valence-corrected chi connectivity index (χ4v) is 2.70. The molecule has 0 bridgehead atoms. The van der Waals surface area contributed by atoms with Crippen LogP contribution in [0.25, 0.3) is 11.1 Å². The third-order valence-corrected chi connectivity index (χ3v) is 3.54. The van der Waals surface area contributed by atoms with E-state index in [1.54, 1.807) is 0 Å². The van der Waals surface area contributed by atoms with Gasteiger partial charge in [0.2, 0.25) is 0 Å². The predicted octanol–water partition coefficient (Wildman–Crippen LogP) is -4.53. The molecule has 0 nitrogen and oxygen atoms in total. The molecule has 0 aromatic heterocycles. The van der Waals surface area contributed by atoms with Crippen LogP contribution in [-0.4, -0.2) is 0 Å². The molecule has 0 N–H and O–H groups in total. The van der Waals surface area contributed by atoms with Crippen LogP contribution in [0.2, 0.25) is 0 Å². The van der Waals surface area contributed by atoms with Crippen LogP contribution < -0.4 is 37.2 Å². The van der Waals surface area contributed by atoms with Crippen molar-refractivity contribution in [2.24, 2.45) is 0 Å². The summed E-state index contributed by atoms with van der Waals surface area (Å²) in [6.07, 6.45) is 15.0. The smallest absolute Gasteiger partial charge is 1.00 e. The van der Waals surface area contributed by atoms with E-state index >= 15 is 0 Å². The molecule has 1 aromatic carbocycles. The number of hydrogen-bond donors (Lipinski definition) is 1. The van der Waals surface area contributed by atoms with Gasteiger partial charge in [-0.1, -0.05) is 47.6 Å². The van der Waals surface area contributed by atoms with Gasteiger partial charge in [-0.2, -0.15) is 30.8 Å². The number of hydrogen-bond acceptors (Lipinski definition) is 1. The molecule has 0 heterocycles. The van der Waals surface area contributed by atoms with Gasteiger partial charge in [0.1, 0.15) is 0 Å². The number of halogens is 3. The van der Waals surface area contributed by atoms with Crippen molar-refractivity contribution in [1.82, 2.24) is 0 Å². The second kappa shape index (κ2) is 10.9. The molecule has 2 aliphatic carbocycles. The van der Waals surface area contributed by atoms with Crippen molar-refractivity contribution >= 4 is 23.8 Å². The van der Waals surface area contributed by atoms with Gasteiger partial charge in [0, 0.05) is 0 Å². The number of rotatable bonds is 2. The number of benzene rings is 1. The van der Waals surface area contributed by atoms with Crippen LogP contribution in [0.4, 0.5) is 0 Å². The Morgan fingerprint density at radius 2 is 1.48 bits per heavy atom. The molecule has 0 spiro atoms. The van der Waals surface area contributed by atoms with Gasteiger partial charge >= 0.3 is 25.8 Å². The first-order valence-electron chi connectivity index (χ1n) is 5.82. The van der Waals surface area contributed by atoms with E-state index < -0.39 is 0 Å². The molecule has 0 saturated carbocycles.